The zero-order chi connectivity index (χ0) is 14.2. The Morgan fingerprint density at radius 1 is 1.26 bits per heavy atom. The molecule has 6 heteroatoms. The number of alkyl halides is 3. The molecule has 0 fully saturated rings. The molecule has 0 bridgehead atoms. The molecule has 0 saturated carbocycles. The van der Waals surface area contributed by atoms with Crippen LogP contribution in [0.5, 0.6) is 0 Å². The molecule has 1 aromatic rings. The first-order chi connectivity index (χ1) is 8.79. The molecule has 0 amide bonds. The van der Waals surface area contributed by atoms with Gasteiger partial charge >= 0.3 is 6.18 Å². The minimum atomic E-state index is -4.82. The summed E-state index contributed by atoms with van der Waals surface area (Å²) < 4.78 is 50.7. The number of nitrogens with two attached hydrogens (primary N) is 1. The van der Waals surface area contributed by atoms with Crippen LogP contribution in [0.25, 0.3) is 0 Å². The predicted molar refractivity (Wildman–Crippen MR) is 61.0 cm³/mol. The molecule has 2 rings (SSSR count). The van der Waals surface area contributed by atoms with Crippen molar-refractivity contribution in [2.24, 2.45) is 11.7 Å². The van der Waals surface area contributed by atoms with Crippen molar-refractivity contribution in [2.45, 2.75) is 18.6 Å². The van der Waals surface area contributed by atoms with Crippen molar-refractivity contribution in [1.82, 2.24) is 0 Å². The summed E-state index contributed by atoms with van der Waals surface area (Å²) in [4.78, 5) is 12.0. The fourth-order valence-corrected chi connectivity index (χ4v) is 2.03. The lowest BCUT2D eigenvalue weighted by Gasteiger charge is -2.12. The number of benzene rings is 1. The molecule has 2 nitrogen and oxygen atoms in total. The van der Waals surface area contributed by atoms with Gasteiger partial charge in [0.25, 0.3) is 0 Å². The molecule has 2 N–H and O–H groups in total. The molecule has 0 spiro atoms. The van der Waals surface area contributed by atoms with Crippen LogP contribution < -0.4 is 5.73 Å². The van der Waals surface area contributed by atoms with Crippen molar-refractivity contribution >= 4 is 5.78 Å². The maximum absolute atomic E-state index is 13.1. The molecule has 19 heavy (non-hydrogen) atoms. The summed E-state index contributed by atoms with van der Waals surface area (Å²) in [6.45, 7) is 0. The van der Waals surface area contributed by atoms with Gasteiger partial charge in [-0.3, -0.25) is 4.79 Å². The largest absolute Gasteiger partial charge is 0.419 e. The summed E-state index contributed by atoms with van der Waals surface area (Å²) in [6, 6.07) is 2.01. The maximum atomic E-state index is 13.1. The fourth-order valence-electron chi connectivity index (χ4n) is 2.03. The highest BCUT2D eigenvalue weighted by molar-refractivity contribution is 5.99. The molecule has 0 aliphatic heterocycles. The number of Topliss-reactive ketones (excluding diaryl/α,β-unsaturated/α-hetero) is 1. The third-order valence-electron chi connectivity index (χ3n) is 3.01. The summed E-state index contributed by atoms with van der Waals surface area (Å²) in [6.07, 6.45) is -1.25. The SMILES string of the molecule is NC1C=CC(C(=O)c2ccc(F)c(C(F)(F)F)c2)C1. The van der Waals surface area contributed by atoms with Gasteiger partial charge in [0.15, 0.2) is 5.78 Å². The first kappa shape index (κ1) is 13.7. The second kappa shape index (κ2) is 4.77. The van der Waals surface area contributed by atoms with Crippen LogP contribution in [0.4, 0.5) is 17.6 Å². The molecular weight excluding hydrogens is 262 g/mol. The highest BCUT2D eigenvalue weighted by Gasteiger charge is 2.35. The normalized spacial score (nSPS) is 22.8. The predicted octanol–water partition coefficient (Wildman–Crippen LogP) is 2.93. The molecule has 1 aromatic carbocycles. The Hall–Kier alpha value is -1.69. The van der Waals surface area contributed by atoms with Gasteiger partial charge < -0.3 is 5.73 Å². The second-order valence-corrected chi connectivity index (χ2v) is 4.45. The van der Waals surface area contributed by atoms with E-state index in [2.05, 4.69) is 0 Å². The summed E-state index contributed by atoms with van der Waals surface area (Å²) in [5.41, 5.74) is 4.00. The van der Waals surface area contributed by atoms with E-state index in [-0.39, 0.29) is 11.6 Å². The highest BCUT2D eigenvalue weighted by Crippen LogP contribution is 2.33. The molecule has 0 saturated heterocycles. The van der Waals surface area contributed by atoms with E-state index >= 15 is 0 Å². The Kier molecular flexibility index (Phi) is 3.45. The monoisotopic (exact) mass is 273 g/mol. The first-order valence-electron chi connectivity index (χ1n) is 5.64. The van der Waals surface area contributed by atoms with Crippen LogP contribution in [0, 0.1) is 11.7 Å². The molecule has 0 radical (unpaired) electrons. The zero-order valence-corrected chi connectivity index (χ0v) is 9.75. The Labute approximate surface area is 106 Å². The Morgan fingerprint density at radius 3 is 2.47 bits per heavy atom. The minimum Gasteiger partial charge on any atom is -0.324 e. The molecule has 102 valence electrons. The van der Waals surface area contributed by atoms with E-state index in [9.17, 15) is 22.4 Å². The van der Waals surface area contributed by atoms with Gasteiger partial charge in [-0.2, -0.15) is 13.2 Å². The smallest absolute Gasteiger partial charge is 0.324 e. The summed E-state index contributed by atoms with van der Waals surface area (Å²) in [5.74, 6) is -2.40. The zero-order valence-electron chi connectivity index (χ0n) is 9.75. The van der Waals surface area contributed by atoms with E-state index in [4.69, 9.17) is 5.73 Å². The lowest BCUT2D eigenvalue weighted by Crippen LogP contribution is -2.19. The van der Waals surface area contributed by atoms with Crippen molar-refractivity contribution in [3.8, 4) is 0 Å². The van der Waals surface area contributed by atoms with Crippen molar-refractivity contribution in [1.29, 1.82) is 0 Å². The molecular formula is C13H11F4NO. The van der Waals surface area contributed by atoms with Gasteiger partial charge in [-0.1, -0.05) is 12.2 Å². The quantitative estimate of drug-likeness (QED) is 0.511. The fraction of sp³-hybridized carbons (Fsp3) is 0.308. The first-order valence-corrected chi connectivity index (χ1v) is 5.64. The van der Waals surface area contributed by atoms with Crippen LogP contribution >= 0.6 is 0 Å². The second-order valence-electron chi connectivity index (χ2n) is 4.45. The van der Waals surface area contributed by atoms with E-state index in [1.54, 1.807) is 12.2 Å². The van der Waals surface area contributed by atoms with Crippen LogP contribution in [-0.2, 0) is 6.18 Å². The van der Waals surface area contributed by atoms with Crippen molar-refractivity contribution in [3.05, 3.63) is 47.3 Å². The van der Waals surface area contributed by atoms with Crippen LogP contribution in [-0.4, -0.2) is 11.8 Å². The van der Waals surface area contributed by atoms with Gasteiger partial charge in [-0.25, -0.2) is 4.39 Å². The Balaban J connectivity index is 2.31. The lowest BCUT2D eigenvalue weighted by molar-refractivity contribution is -0.140. The summed E-state index contributed by atoms with van der Waals surface area (Å²) >= 11 is 0. The average molecular weight is 273 g/mol. The number of carbonyl (C=O) groups excluding carboxylic acids is 1. The van der Waals surface area contributed by atoms with Gasteiger partial charge in [0.1, 0.15) is 5.82 Å². The number of hydrogen-bond acceptors (Lipinski definition) is 2. The summed E-state index contributed by atoms with van der Waals surface area (Å²) in [7, 11) is 0. The maximum Gasteiger partial charge on any atom is 0.419 e. The van der Waals surface area contributed by atoms with E-state index in [0.29, 0.717) is 18.6 Å². The molecule has 2 atom stereocenters. The van der Waals surface area contributed by atoms with E-state index in [1.807, 2.05) is 0 Å². The standard InChI is InChI=1S/C13H11F4NO/c14-11-4-2-8(6-10(11)13(15,16)17)12(19)7-1-3-9(18)5-7/h1-4,6-7,9H,5,18H2. The van der Waals surface area contributed by atoms with Crippen molar-refractivity contribution < 1.29 is 22.4 Å². The van der Waals surface area contributed by atoms with E-state index in [1.165, 1.54) is 0 Å². The average Bonchev–Trinajstić information content (AvgIpc) is 2.74. The number of carbonyl (C=O) groups is 1. The van der Waals surface area contributed by atoms with Crippen LogP contribution in [0.2, 0.25) is 0 Å². The van der Waals surface area contributed by atoms with E-state index in [0.717, 1.165) is 6.07 Å². The van der Waals surface area contributed by atoms with Crippen LogP contribution in [0.15, 0.2) is 30.4 Å². The van der Waals surface area contributed by atoms with Crippen LogP contribution in [0.1, 0.15) is 22.3 Å². The Morgan fingerprint density at radius 2 is 1.95 bits per heavy atom. The van der Waals surface area contributed by atoms with Gasteiger partial charge in [-0.15, -0.1) is 0 Å². The Bertz CT molecular complexity index is 536. The molecule has 1 aliphatic carbocycles. The third kappa shape index (κ3) is 2.84. The minimum absolute atomic E-state index is 0.155. The molecule has 1 aliphatic rings. The molecule has 2 unspecified atom stereocenters. The number of rotatable bonds is 2. The van der Waals surface area contributed by atoms with Crippen molar-refractivity contribution in [3.63, 3.8) is 0 Å². The highest BCUT2D eigenvalue weighted by atomic mass is 19.4. The number of allylic oxidation sites excluding steroid dienone is 1. The molecule has 0 heterocycles. The number of halogens is 4. The van der Waals surface area contributed by atoms with E-state index < -0.39 is 29.3 Å². The van der Waals surface area contributed by atoms with Gasteiger partial charge in [-0.05, 0) is 24.6 Å². The van der Waals surface area contributed by atoms with Gasteiger partial charge in [0.2, 0.25) is 0 Å². The van der Waals surface area contributed by atoms with Gasteiger partial charge in [0.05, 0.1) is 5.56 Å². The molecule has 0 aromatic heterocycles. The van der Waals surface area contributed by atoms with Crippen LogP contribution in [0.3, 0.4) is 0 Å². The number of hydrogen-bond donors (Lipinski definition) is 1. The number of ketones is 1. The van der Waals surface area contributed by atoms with Gasteiger partial charge in [0, 0.05) is 17.5 Å². The van der Waals surface area contributed by atoms with Crippen molar-refractivity contribution in [2.75, 3.05) is 0 Å². The summed E-state index contributed by atoms with van der Waals surface area (Å²) in [5, 5.41) is 0. The topological polar surface area (TPSA) is 43.1 Å². The third-order valence-corrected chi connectivity index (χ3v) is 3.01. The lowest BCUT2D eigenvalue weighted by atomic mass is 9.95.